The zero-order valence-corrected chi connectivity index (χ0v) is 22.0. The van der Waals surface area contributed by atoms with Crippen molar-refractivity contribution >= 4 is 6.09 Å². The quantitative estimate of drug-likeness (QED) is 0.228. The minimum absolute atomic E-state index is 0.156. The third kappa shape index (κ3) is 19.8. The molecule has 0 aliphatic carbocycles. The van der Waals surface area contributed by atoms with Crippen molar-refractivity contribution in [1.29, 1.82) is 0 Å². The maximum Gasteiger partial charge on any atom is 0.410 e. The Bertz CT molecular complexity index is 498. The second kappa shape index (κ2) is 21.1. The summed E-state index contributed by atoms with van der Waals surface area (Å²) < 4.78 is 43.7. The Hall–Kier alpha value is -1.05. The van der Waals surface area contributed by atoms with Gasteiger partial charge in [0.1, 0.15) is 5.60 Å². The van der Waals surface area contributed by atoms with Crippen molar-refractivity contribution in [1.82, 2.24) is 4.90 Å². The molecule has 0 radical (unpaired) electrons. The summed E-state index contributed by atoms with van der Waals surface area (Å²) >= 11 is 0. The topological polar surface area (TPSA) is 120 Å². The fraction of sp³-hybridized carbons (Fsp3) is 0.958. The molecule has 1 amide bonds. The van der Waals surface area contributed by atoms with Crippen molar-refractivity contribution in [3.05, 3.63) is 0 Å². The van der Waals surface area contributed by atoms with Crippen LogP contribution in [0.5, 0.6) is 0 Å². The van der Waals surface area contributed by atoms with E-state index in [1.807, 2.05) is 20.8 Å². The van der Waals surface area contributed by atoms with Crippen LogP contribution in [0.25, 0.3) is 0 Å². The summed E-state index contributed by atoms with van der Waals surface area (Å²) in [6.07, 6.45) is 1.53. The van der Waals surface area contributed by atoms with E-state index in [0.29, 0.717) is 106 Å². The van der Waals surface area contributed by atoms with Crippen LogP contribution in [-0.2, 0) is 37.9 Å². The Kier molecular flexibility index (Phi) is 19.3. The maximum absolute atomic E-state index is 12.1. The molecule has 11 nitrogen and oxygen atoms in total. The average Bonchev–Trinajstić information content (AvgIpc) is 2.82. The van der Waals surface area contributed by atoms with Gasteiger partial charge in [0.2, 0.25) is 0 Å². The van der Waals surface area contributed by atoms with Crippen molar-refractivity contribution < 1.29 is 42.7 Å². The molecule has 2 N–H and O–H groups in total. The lowest BCUT2D eigenvalue weighted by molar-refractivity contribution is -0.0401. The molecule has 1 fully saturated rings. The zero-order chi connectivity index (χ0) is 25.6. The molecule has 1 heterocycles. The second-order valence-corrected chi connectivity index (χ2v) is 9.00. The normalized spacial score (nSPS) is 15.0. The van der Waals surface area contributed by atoms with Gasteiger partial charge in [-0.3, -0.25) is 0 Å². The number of amides is 1. The summed E-state index contributed by atoms with van der Waals surface area (Å²) in [4.78, 5) is 13.8. The number of hydrogen-bond acceptors (Lipinski definition) is 10. The number of piperidine rings is 1. The Balaban J connectivity index is 1.77. The third-order valence-electron chi connectivity index (χ3n) is 4.80. The van der Waals surface area contributed by atoms with Crippen molar-refractivity contribution in [3.63, 3.8) is 0 Å². The van der Waals surface area contributed by atoms with Gasteiger partial charge >= 0.3 is 6.09 Å². The van der Waals surface area contributed by atoms with Gasteiger partial charge in [0.15, 0.2) is 0 Å². The summed E-state index contributed by atoms with van der Waals surface area (Å²) in [6, 6.07) is 0. The van der Waals surface area contributed by atoms with Crippen molar-refractivity contribution in [2.45, 2.75) is 45.3 Å². The minimum atomic E-state index is -0.468. The first-order valence-corrected chi connectivity index (χ1v) is 12.7. The highest BCUT2D eigenvalue weighted by molar-refractivity contribution is 5.68. The fourth-order valence-corrected chi connectivity index (χ4v) is 3.09. The summed E-state index contributed by atoms with van der Waals surface area (Å²) in [5.41, 5.74) is 4.85. The molecule has 0 aromatic carbocycles. The molecule has 0 saturated carbocycles. The number of likely N-dealkylation sites (tertiary alicyclic amines) is 1. The lowest BCUT2D eigenvalue weighted by atomic mass is 10.1. The van der Waals surface area contributed by atoms with Crippen molar-refractivity contribution in [2.24, 2.45) is 5.73 Å². The molecule has 1 aliphatic rings. The molecule has 11 heteroatoms. The summed E-state index contributed by atoms with van der Waals surface area (Å²) in [5, 5.41) is 0. The van der Waals surface area contributed by atoms with Crippen LogP contribution in [0.1, 0.15) is 33.6 Å². The Labute approximate surface area is 210 Å². The Morgan fingerprint density at radius 1 is 0.686 bits per heavy atom. The predicted molar refractivity (Wildman–Crippen MR) is 131 cm³/mol. The van der Waals surface area contributed by atoms with E-state index in [9.17, 15) is 4.79 Å². The van der Waals surface area contributed by atoms with Crippen molar-refractivity contribution in [3.8, 4) is 0 Å². The summed E-state index contributed by atoms with van der Waals surface area (Å²) in [6.45, 7) is 14.4. The van der Waals surface area contributed by atoms with Crippen LogP contribution < -0.4 is 5.73 Å². The third-order valence-corrected chi connectivity index (χ3v) is 4.80. The highest BCUT2D eigenvalue weighted by atomic mass is 16.6. The smallest absolute Gasteiger partial charge is 0.410 e. The number of hydrogen-bond donors (Lipinski definition) is 1. The van der Waals surface area contributed by atoms with E-state index >= 15 is 0 Å². The summed E-state index contributed by atoms with van der Waals surface area (Å²) in [5.74, 6) is 0. The van der Waals surface area contributed by atoms with Crippen LogP contribution >= 0.6 is 0 Å². The molecular weight excluding hydrogens is 460 g/mol. The standard InChI is InChI=1S/C24H48N2O9/c1-24(2,3)35-23(27)26-7-4-22(5-8-26)34-21-20-33-19-18-32-17-16-31-15-14-30-13-12-29-11-10-28-9-6-25/h22H,4-21,25H2,1-3H3. The van der Waals surface area contributed by atoms with Gasteiger partial charge < -0.3 is 48.5 Å². The molecule has 0 bridgehead atoms. The molecule has 0 spiro atoms. The number of carbonyl (C=O) groups excluding carboxylic acids is 1. The van der Waals surface area contributed by atoms with Crippen LogP contribution in [0.15, 0.2) is 0 Å². The van der Waals surface area contributed by atoms with Gasteiger partial charge in [-0.05, 0) is 33.6 Å². The van der Waals surface area contributed by atoms with Crippen LogP contribution in [-0.4, -0.2) is 128 Å². The minimum Gasteiger partial charge on any atom is -0.444 e. The van der Waals surface area contributed by atoms with Gasteiger partial charge in [0.25, 0.3) is 0 Å². The van der Waals surface area contributed by atoms with Crippen LogP contribution in [0.2, 0.25) is 0 Å². The highest BCUT2D eigenvalue weighted by Crippen LogP contribution is 2.17. The zero-order valence-electron chi connectivity index (χ0n) is 22.0. The largest absolute Gasteiger partial charge is 0.444 e. The van der Waals surface area contributed by atoms with Gasteiger partial charge in [-0.1, -0.05) is 0 Å². The second-order valence-electron chi connectivity index (χ2n) is 9.00. The molecular formula is C24H48N2O9. The number of nitrogens with zero attached hydrogens (tertiary/aromatic N) is 1. The lowest BCUT2D eigenvalue weighted by Crippen LogP contribution is -2.43. The molecule has 0 aromatic rings. The van der Waals surface area contributed by atoms with Gasteiger partial charge in [-0.25, -0.2) is 4.79 Å². The Morgan fingerprint density at radius 3 is 1.43 bits per heavy atom. The number of ether oxygens (including phenoxy) is 8. The van der Waals surface area contributed by atoms with Crippen LogP contribution in [0.3, 0.4) is 0 Å². The van der Waals surface area contributed by atoms with Gasteiger partial charge in [-0.2, -0.15) is 0 Å². The van der Waals surface area contributed by atoms with E-state index in [2.05, 4.69) is 0 Å². The van der Waals surface area contributed by atoms with Crippen LogP contribution in [0, 0.1) is 0 Å². The van der Waals surface area contributed by atoms with Crippen LogP contribution in [0.4, 0.5) is 4.79 Å². The lowest BCUT2D eigenvalue weighted by Gasteiger charge is -2.33. The molecule has 208 valence electrons. The predicted octanol–water partition coefficient (Wildman–Crippen LogP) is 1.46. The highest BCUT2D eigenvalue weighted by Gasteiger charge is 2.27. The van der Waals surface area contributed by atoms with Gasteiger partial charge in [0.05, 0.1) is 92.0 Å². The number of rotatable bonds is 21. The molecule has 0 unspecified atom stereocenters. The van der Waals surface area contributed by atoms with E-state index in [4.69, 9.17) is 43.6 Å². The molecule has 0 atom stereocenters. The monoisotopic (exact) mass is 508 g/mol. The van der Waals surface area contributed by atoms with E-state index < -0.39 is 5.60 Å². The molecule has 1 saturated heterocycles. The van der Waals surface area contributed by atoms with Gasteiger partial charge in [-0.15, -0.1) is 0 Å². The maximum atomic E-state index is 12.1. The van der Waals surface area contributed by atoms with E-state index in [0.717, 1.165) is 12.8 Å². The van der Waals surface area contributed by atoms with Crippen molar-refractivity contribution in [2.75, 3.05) is 106 Å². The fourth-order valence-electron chi connectivity index (χ4n) is 3.09. The molecule has 1 rings (SSSR count). The number of nitrogens with two attached hydrogens (primary N) is 1. The summed E-state index contributed by atoms with van der Waals surface area (Å²) in [7, 11) is 0. The van der Waals surface area contributed by atoms with E-state index in [1.54, 1.807) is 4.90 Å². The first-order valence-electron chi connectivity index (χ1n) is 12.7. The number of carbonyl (C=O) groups is 1. The average molecular weight is 509 g/mol. The molecule has 35 heavy (non-hydrogen) atoms. The first kappa shape index (κ1) is 32.0. The Morgan fingerprint density at radius 2 is 1.06 bits per heavy atom. The SMILES string of the molecule is CC(C)(C)OC(=O)N1CCC(OCCOCCOCCOCCOCCOCCOCCN)CC1. The van der Waals surface area contributed by atoms with E-state index in [1.165, 1.54) is 0 Å². The molecule has 1 aliphatic heterocycles. The first-order chi connectivity index (χ1) is 16.9. The van der Waals surface area contributed by atoms with E-state index in [-0.39, 0.29) is 12.2 Å². The van der Waals surface area contributed by atoms with Gasteiger partial charge in [0, 0.05) is 19.6 Å². The molecule has 0 aromatic heterocycles.